The molecule has 3 aromatic rings. The van der Waals surface area contributed by atoms with Crippen molar-refractivity contribution < 1.29 is 9.53 Å². The molecule has 1 amide bonds. The topological polar surface area (TPSA) is 41.6 Å². The van der Waals surface area contributed by atoms with Crippen LogP contribution in [0.2, 0.25) is 0 Å². The van der Waals surface area contributed by atoms with Crippen molar-refractivity contribution in [3.05, 3.63) is 76.7 Å². The SMILES string of the molecule is COc1ccc(CNC(=O)c2ccc(N3c4ccccc4CC3C)s2)cc1. The second kappa shape index (κ2) is 7.45. The van der Waals surface area contributed by atoms with Crippen molar-refractivity contribution in [1.82, 2.24) is 5.32 Å². The molecular formula is C22H22N2O2S. The molecule has 0 spiro atoms. The molecule has 0 saturated heterocycles. The van der Waals surface area contributed by atoms with E-state index in [1.807, 2.05) is 36.4 Å². The first kappa shape index (κ1) is 17.6. The van der Waals surface area contributed by atoms with Gasteiger partial charge in [0.25, 0.3) is 5.91 Å². The molecule has 0 radical (unpaired) electrons. The number of hydrogen-bond acceptors (Lipinski definition) is 4. The number of benzene rings is 2. The van der Waals surface area contributed by atoms with E-state index in [1.54, 1.807) is 18.4 Å². The Bertz CT molecular complexity index is 949. The number of nitrogens with zero attached hydrogens (tertiary/aromatic N) is 1. The Morgan fingerprint density at radius 3 is 2.70 bits per heavy atom. The van der Waals surface area contributed by atoms with Gasteiger partial charge in [-0.3, -0.25) is 4.79 Å². The van der Waals surface area contributed by atoms with Crippen LogP contribution in [-0.2, 0) is 13.0 Å². The van der Waals surface area contributed by atoms with Crippen molar-refractivity contribution in [3.8, 4) is 5.75 Å². The maximum Gasteiger partial charge on any atom is 0.261 e. The van der Waals surface area contributed by atoms with Crippen molar-refractivity contribution in [2.24, 2.45) is 0 Å². The van der Waals surface area contributed by atoms with Gasteiger partial charge in [-0.1, -0.05) is 30.3 Å². The number of fused-ring (bicyclic) bond motifs is 1. The van der Waals surface area contributed by atoms with Crippen molar-refractivity contribution in [2.45, 2.75) is 25.9 Å². The summed E-state index contributed by atoms with van der Waals surface area (Å²) in [4.78, 5) is 15.6. The predicted molar refractivity (Wildman–Crippen MR) is 110 cm³/mol. The molecule has 1 unspecified atom stereocenters. The summed E-state index contributed by atoms with van der Waals surface area (Å²) in [6.45, 7) is 2.72. The Morgan fingerprint density at radius 1 is 1.15 bits per heavy atom. The molecular weight excluding hydrogens is 356 g/mol. The minimum atomic E-state index is -0.0396. The van der Waals surface area contributed by atoms with E-state index in [4.69, 9.17) is 4.74 Å². The third kappa shape index (κ3) is 3.55. The maximum absolute atomic E-state index is 12.6. The van der Waals surface area contributed by atoms with Crippen LogP contribution < -0.4 is 15.0 Å². The summed E-state index contributed by atoms with van der Waals surface area (Å²) in [5.41, 5.74) is 3.66. The highest BCUT2D eigenvalue weighted by Crippen LogP contribution is 2.41. The molecule has 4 nitrogen and oxygen atoms in total. The number of nitrogens with one attached hydrogen (secondary N) is 1. The molecule has 2 heterocycles. The van der Waals surface area contributed by atoms with Crippen molar-refractivity contribution >= 4 is 27.9 Å². The zero-order valence-corrected chi connectivity index (χ0v) is 16.3. The lowest BCUT2D eigenvalue weighted by Gasteiger charge is -2.22. The number of carbonyl (C=O) groups is 1. The van der Waals surface area contributed by atoms with Gasteiger partial charge in [0.05, 0.1) is 17.0 Å². The van der Waals surface area contributed by atoms with Crippen LogP contribution in [0.1, 0.15) is 27.7 Å². The molecule has 0 saturated carbocycles. The number of para-hydroxylation sites is 1. The molecule has 1 N–H and O–H groups in total. The molecule has 1 atom stereocenters. The van der Waals surface area contributed by atoms with Gasteiger partial charge in [-0.05, 0) is 54.8 Å². The summed E-state index contributed by atoms with van der Waals surface area (Å²) in [7, 11) is 1.64. The number of amides is 1. The Labute approximate surface area is 163 Å². The second-order valence-corrected chi connectivity index (χ2v) is 7.78. The van der Waals surface area contributed by atoms with Crippen LogP contribution in [0.4, 0.5) is 10.7 Å². The molecule has 0 aliphatic carbocycles. The fourth-order valence-electron chi connectivity index (χ4n) is 3.49. The highest BCUT2D eigenvalue weighted by Gasteiger charge is 2.28. The van der Waals surface area contributed by atoms with Crippen molar-refractivity contribution in [2.75, 3.05) is 12.0 Å². The average molecular weight is 378 g/mol. The molecule has 2 aromatic carbocycles. The fraction of sp³-hybridized carbons (Fsp3) is 0.227. The molecule has 27 heavy (non-hydrogen) atoms. The minimum absolute atomic E-state index is 0.0396. The highest BCUT2D eigenvalue weighted by molar-refractivity contribution is 7.18. The van der Waals surface area contributed by atoms with E-state index in [9.17, 15) is 4.79 Å². The van der Waals surface area contributed by atoms with E-state index in [-0.39, 0.29) is 5.91 Å². The maximum atomic E-state index is 12.6. The molecule has 1 aromatic heterocycles. The standard InChI is InChI=1S/C22H22N2O2S/c1-15-13-17-5-3-4-6-19(17)24(15)21-12-11-20(27-21)22(25)23-14-16-7-9-18(26-2)10-8-16/h3-12,15H,13-14H2,1-2H3,(H,23,25). The largest absolute Gasteiger partial charge is 0.497 e. The quantitative estimate of drug-likeness (QED) is 0.695. The number of thiophene rings is 1. The van der Waals surface area contributed by atoms with E-state index in [2.05, 4.69) is 41.4 Å². The third-order valence-electron chi connectivity index (χ3n) is 4.87. The van der Waals surface area contributed by atoms with Crippen LogP contribution in [0.5, 0.6) is 5.75 Å². The summed E-state index contributed by atoms with van der Waals surface area (Å²) < 4.78 is 5.16. The van der Waals surface area contributed by atoms with Crippen LogP contribution in [0.15, 0.2) is 60.7 Å². The van der Waals surface area contributed by atoms with Crippen LogP contribution in [0, 0.1) is 0 Å². The zero-order chi connectivity index (χ0) is 18.8. The van der Waals surface area contributed by atoms with Gasteiger partial charge in [0.1, 0.15) is 5.75 Å². The first-order valence-corrected chi connectivity index (χ1v) is 9.85. The van der Waals surface area contributed by atoms with Gasteiger partial charge in [0, 0.05) is 18.3 Å². The molecule has 1 aliphatic heterocycles. The monoisotopic (exact) mass is 378 g/mol. The second-order valence-electron chi connectivity index (χ2n) is 6.72. The number of carbonyl (C=O) groups excluding carboxylic acids is 1. The van der Waals surface area contributed by atoms with Crippen LogP contribution in [-0.4, -0.2) is 19.1 Å². The normalized spacial score (nSPS) is 15.5. The van der Waals surface area contributed by atoms with Crippen LogP contribution >= 0.6 is 11.3 Å². The van der Waals surface area contributed by atoms with Gasteiger partial charge in [-0.25, -0.2) is 0 Å². The molecule has 0 fully saturated rings. The van der Waals surface area contributed by atoms with E-state index in [0.29, 0.717) is 12.6 Å². The summed E-state index contributed by atoms with van der Waals surface area (Å²) in [6, 6.07) is 20.6. The predicted octanol–water partition coefficient (Wildman–Crippen LogP) is 4.77. The molecule has 138 valence electrons. The van der Waals surface area contributed by atoms with Gasteiger partial charge in [0.2, 0.25) is 0 Å². The average Bonchev–Trinajstić information content (AvgIpc) is 3.30. The highest BCUT2D eigenvalue weighted by atomic mass is 32.1. The van der Waals surface area contributed by atoms with Crippen LogP contribution in [0.25, 0.3) is 0 Å². The Morgan fingerprint density at radius 2 is 1.93 bits per heavy atom. The zero-order valence-electron chi connectivity index (χ0n) is 15.4. The first-order chi connectivity index (χ1) is 13.2. The van der Waals surface area contributed by atoms with E-state index < -0.39 is 0 Å². The smallest absolute Gasteiger partial charge is 0.261 e. The lowest BCUT2D eigenvalue weighted by molar-refractivity contribution is 0.0955. The lowest BCUT2D eigenvalue weighted by Crippen LogP contribution is -2.23. The number of hydrogen-bond donors (Lipinski definition) is 1. The van der Waals surface area contributed by atoms with Gasteiger partial charge in [0.15, 0.2) is 0 Å². The van der Waals surface area contributed by atoms with E-state index in [1.165, 1.54) is 11.3 Å². The molecule has 1 aliphatic rings. The Kier molecular flexibility index (Phi) is 4.86. The number of rotatable bonds is 5. The van der Waals surface area contributed by atoms with Gasteiger partial charge in [-0.15, -0.1) is 11.3 Å². The number of anilines is 2. The first-order valence-electron chi connectivity index (χ1n) is 9.04. The summed E-state index contributed by atoms with van der Waals surface area (Å²) in [5.74, 6) is 0.773. The van der Waals surface area contributed by atoms with Crippen LogP contribution in [0.3, 0.4) is 0 Å². The van der Waals surface area contributed by atoms with Crippen molar-refractivity contribution in [3.63, 3.8) is 0 Å². The minimum Gasteiger partial charge on any atom is -0.497 e. The Hall–Kier alpha value is -2.79. The summed E-state index contributed by atoms with van der Waals surface area (Å²) >= 11 is 1.54. The Balaban J connectivity index is 1.45. The fourth-order valence-corrected chi connectivity index (χ4v) is 4.53. The van der Waals surface area contributed by atoms with Crippen molar-refractivity contribution in [1.29, 1.82) is 0 Å². The van der Waals surface area contributed by atoms with E-state index in [0.717, 1.165) is 27.6 Å². The third-order valence-corrected chi connectivity index (χ3v) is 5.96. The number of methoxy groups -OCH3 is 1. The summed E-state index contributed by atoms with van der Waals surface area (Å²) in [5, 5.41) is 4.11. The molecule has 4 rings (SSSR count). The molecule has 0 bridgehead atoms. The lowest BCUT2D eigenvalue weighted by atomic mass is 10.1. The summed E-state index contributed by atoms with van der Waals surface area (Å²) in [6.07, 6.45) is 1.03. The number of ether oxygens (including phenoxy) is 1. The van der Waals surface area contributed by atoms with Gasteiger partial charge < -0.3 is 15.0 Å². The molecule has 5 heteroatoms. The van der Waals surface area contributed by atoms with E-state index >= 15 is 0 Å². The van der Waals surface area contributed by atoms with Gasteiger partial charge in [-0.2, -0.15) is 0 Å². The van der Waals surface area contributed by atoms with Gasteiger partial charge >= 0.3 is 0 Å².